The van der Waals surface area contributed by atoms with E-state index in [1.807, 2.05) is 0 Å². The van der Waals surface area contributed by atoms with Crippen LogP contribution in [-0.4, -0.2) is 24.4 Å². The molecule has 0 aromatic carbocycles. The topological polar surface area (TPSA) is 29.5 Å². The van der Waals surface area contributed by atoms with Crippen LogP contribution in [0.1, 0.15) is 25.7 Å². The number of ether oxygens (including phenoxy) is 1. The van der Waals surface area contributed by atoms with Gasteiger partial charge in [0.2, 0.25) is 0 Å². The van der Waals surface area contributed by atoms with Crippen LogP contribution in [0.4, 0.5) is 0 Å². The zero-order valence-electron chi connectivity index (χ0n) is 6.83. The predicted molar refractivity (Wildman–Crippen MR) is 42.3 cm³/mol. The number of hydrogen-bond donors (Lipinski definition) is 1. The second-order valence-corrected chi connectivity index (χ2v) is 3.82. The monoisotopic (exact) mass is 156 g/mol. The molecule has 0 amide bonds. The second kappa shape index (κ2) is 3.11. The van der Waals surface area contributed by atoms with Gasteiger partial charge in [-0.15, -0.1) is 0 Å². The van der Waals surface area contributed by atoms with Crippen molar-refractivity contribution in [1.29, 1.82) is 0 Å². The van der Waals surface area contributed by atoms with Crippen molar-refractivity contribution in [2.24, 2.45) is 11.8 Å². The average molecular weight is 156 g/mol. The maximum atomic E-state index is 8.97. The molecule has 1 N–H and O–H groups in total. The molecule has 0 bridgehead atoms. The summed E-state index contributed by atoms with van der Waals surface area (Å²) >= 11 is 0. The highest BCUT2D eigenvalue weighted by molar-refractivity contribution is 4.83. The Hall–Kier alpha value is -0.0800. The summed E-state index contributed by atoms with van der Waals surface area (Å²) in [6.07, 6.45) is 5.30. The van der Waals surface area contributed by atoms with Gasteiger partial charge in [-0.2, -0.15) is 0 Å². The highest BCUT2D eigenvalue weighted by Crippen LogP contribution is 2.36. The Bertz CT molecular complexity index is 136. The van der Waals surface area contributed by atoms with Crippen LogP contribution in [0.3, 0.4) is 0 Å². The lowest BCUT2D eigenvalue weighted by Crippen LogP contribution is -2.27. The fourth-order valence-electron chi connectivity index (χ4n) is 2.39. The summed E-state index contributed by atoms with van der Waals surface area (Å²) in [6, 6.07) is 0. The minimum absolute atomic E-state index is 0.378. The standard InChI is InChI=1S/C9H16O2/c10-6-7-1-2-9-8(5-7)3-4-11-9/h7-10H,1-6H2. The molecule has 1 heterocycles. The minimum atomic E-state index is 0.378. The van der Waals surface area contributed by atoms with E-state index in [0.717, 1.165) is 18.9 Å². The summed E-state index contributed by atoms with van der Waals surface area (Å²) in [5.41, 5.74) is 0. The first-order valence-corrected chi connectivity index (χ1v) is 4.62. The van der Waals surface area contributed by atoms with Crippen molar-refractivity contribution in [1.82, 2.24) is 0 Å². The van der Waals surface area contributed by atoms with E-state index in [4.69, 9.17) is 9.84 Å². The predicted octanol–water partition coefficient (Wildman–Crippen LogP) is 1.18. The third-order valence-corrected chi connectivity index (χ3v) is 3.10. The van der Waals surface area contributed by atoms with Gasteiger partial charge in [-0.25, -0.2) is 0 Å². The van der Waals surface area contributed by atoms with Gasteiger partial charge in [-0.05, 0) is 37.5 Å². The van der Waals surface area contributed by atoms with Gasteiger partial charge in [0.1, 0.15) is 0 Å². The van der Waals surface area contributed by atoms with Crippen molar-refractivity contribution >= 4 is 0 Å². The number of aliphatic hydroxyl groups excluding tert-OH is 1. The number of fused-ring (bicyclic) bond motifs is 1. The molecule has 2 nitrogen and oxygen atoms in total. The molecule has 3 atom stereocenters. The number of aliphatic hydroxyl groups is 1. The average Bonchev–Trinajstić information content (AvgIpc) is 2.50. The second-order valence-electron chi connectivity index (χ2n) is 3.82. The maximum Gasteiger partial charge on any atom is 0.0604 e. The third kappa shape index (κ3) is 1.42. The van der Waals surface area contributed by atoms with Crippen molar-refractivity contribution in [3.05, 3.63) is 0 Å². The van der Waals surface area contributed by atoms with Gasteiger partial charge in [0.15, 0.2) is 0 Å². The first-order chi connectivity index (χ1) is 5.40. The Kier molecular flexibility index (Phi) is 2.14. The maximum absolute atomic E-state index is 8.97. The number of rotatable bonds is 1. The van der Waals surface area contributed by atoms with Gasteiger partial charge in [0, 0.05) is 13.2 Å². The van der Waals surface area contributed by atoms with E-state index in [2.05, 4.69) is 0 Å². The van der Waals surface area contributed by atoms with E-state index < -0.39 is 0 Å². The van der Waals surface area contributed by atoms with Crippen LogP contribution in [0, 0.1) is 11.8 Å². The lowest BCUT2D eigenvalue weighted by Gasteiger charge is -2.29. The van der Waals surface area contributed by atoms with Crippen LogP contribution in [0.15, 0.2) is 0 Å². The van der Waals surface area contributed by atoms with E-state index in [9.17, 15) is 0 Å². The van der Waals surface area contributed by atoms with Gasteiger partial charge in [-0.3, -0.25) is 0 Å². The first kappa shape index (κ1) is 7.56. The Morgan fingerprint density at radius 1 is 1.27 bits per heavy atom. The zero-order chi connectivity index (χ0) is 7.68. The molecule has 1 aliphatic heterocycles. The van der Waals surface area contributed by atoms with Crippen LogP contribution in [-0.2, 0) is 4.74 Å². The van der Waals surface area contributed by atoms with Gasteiger partial charge < -0.3 is 9.84 Å². The molecule has 11 heavy (non-hydrogen) atoms. The van der Waals surface area contributed by atoms with Crippen molar-refractivity contribution in [3.63, 3.8) is 0 Å². The molecular weight excluding hydrogens is 140 g/mol. The summed E-state index contributed by atoms with van der Waals surface area (Å²) in [6.45, 7) is 1.33. The van der Waals surface area contributed by atoms with Crippen LogP contribution in [0.5, 0.6) is 0 Å². The molecule has 0 aromatic heterocycles. The fourth-order valence-corrected chi connectivity index (χ4v) is 2.39. The molecule has 64 valence electrons. The molecule has 3 unspecified atom stereocenters. The van der Waals surface area contributed by atoms with Crippen LogP contribution >= 0.6 is 0 Å². The molecule has 0 spiro atoms. The lowest BCUT2D eigenvalue weighted by molar-refractivity contribution is 0.0402. The molecule has 2 aliphatic rings. The van der Waals surface area contributed by atoms with E-state index in [-0.39, 0.29) is 0 Å². The molecular formula is C9H16O2. The lowest BCUT2D eigenvalue weighted by atomic mass is 9.80. The van der Waals surface area contributed by atoms with E-state index >= 15 is 0 Å². The van der Waals surface area contributed by atoms with E-state index in [0.29, 0.717) is 18.6 Å². The molecule has 0 aromatic rings. The summed E-state index contributed by atoms with van der Waals surface area (Å²) in [5.74, 6) is 1.33. The normalized spacial score (nSPS) is 43.9. The first-order valence-electron chi connectivity index (χ1n) is 4.62. The van der Waals surface area contributed by atoms with Gasteiger partial charge in [0.25, 0.3) is 0 Å². The quantitative estimate of drug-likeness (QED) is 0.618. The molecule has 2 fully saturated rings. The Labute approximate surface area is 67.6 Å². The molecule has 1 saturated carbocycles. The van der Waals surface area contributed by atoms with Gasteiger partial charge in [-0.1, -0.05) is 0 Å². The van der Waals surface area contributed by atoms with Crippen molar-refractivity contribution in [2.45, 2.75) is 31.8 Å². The molecule has 1 aliphatic carbocycles. The summed E-state index contributed by atoms with van der Waals surface area (Å²) in [4.78, 5) is 0. The van der Waals surface area contributed by atoms with Gasteiger partial charge >= 0.3 is 0 Å². The smallest absolute Gasteiger partial charge is 0.0604 e. The molecule has 2 rings (SSSR count). The Morgan fingerprint density at radius 2 is 2.18 bits per heavy atom. The minimum Gasteiger partial charge on any atom is -0.396 e. The molecule has 2 heteroatoms. The van der Waals surface area contributed by atoms with Gasteiger partial charge in [0.05, 0.1) is 6.10 Å². The number of hydrogen-bond acceptors (Lipinski definition) is 2. The Morgan fingerprint density at radius 3 is 3.00 bits per heavy atom. The van der Waals surface area contributed by atoms with Crippen LogP contribution in [0.2, 0.25) is 0 Å². The van der Waals surface area contributed by atoms with Crippen LogP contribution < -0.4 is 0 Å². The SMILES string of the molecule is OCC1CCC2OCCC2C1. The Balaban J connectivity index is 1.91. The van der Waals surface area contributed by atoms with E-state index in [1.165, 1.54) is 19.3 Å². The molecule has 0 radical (unpaired) electrons. The van der Waals surface area contributed by atoms with Crippen LogP contribution in [0.25, 0.3) is 0 Å². The fraction of sp³-hybridized carbons (Fsp3) is 1.00. The highest BCUT2D eigenvalue weighted by Gasteiger charge is 2.34. The van der Waals surface area contributed by atoms with Crippen molar-refractivity contribution in [3.8, 4) is 0 Å². The summed E-state index contributed by atoms with van der Waals surface area (Å²) in [5, 5.41) is 8.97. The van der Waals surface area contributed by atoms with Crippen molar-refractivity contribution < 1.29 is 9.84 Å². The van der Waals surface area contributed by atoms with E-state index in [1.54, 1.807) is 0 Å². The highest BCUT2D eigenvalue weighted by atomic mass is 16.5. The molecule has 1 saturated heterocycles. The largest absolute Gasteiger partial charge is 0.396 e. The van der Waals surface area contributed by atoms with Crippen molar-refractivity contribution in [2.75, 3.05) is 13.2 Å². The summed E-state index contributed by atoms with van der Waals surface area (Å²) < 4.78 is 5.57. The third-order valence-electron chi connectivity index (χ3n) is 3.10. The summed E-state index contributed by atoms with van der Waals surface area (Å²) in [7, 11) is 0. The zero-order valence-corrected chi connectivity index (χ0v) is 6.83.